The number of benzene rings is 1. The maximum atomic E-state index is 4.11. The van der Waals surface area contributed by atoms with E-state index in [9.17, 15) is 0 Å². The number of fused-ring (bicyclic) bond motifs is 1. The van der Waals surface area contributed by atoms with Crippen LogP contribution in [0.2, 0.25) is 0 Å². The van der Waals surface area contributed by atoms with Crippen LogP contribution in [0.5, 0.6) is 0 Å². The average Bonchev–Trinajstić information content (AvgIpc) is 2.85. The van der Waals surface area contributed by atoms with Crippen LogP contribution < -0.4 is 0 Å². The predicted octanol–water partition coefficient (Wildman–Crippen LogP) is 5.31. The van der Waals surface area contributed by atoms with Gasteiger partial charge in [-0.05, 0) is 59.7 Å². The van der Waals surface area contributed by atoms with Crippen molar-refractivity contribution in [2.45, 2.75) is 40.2 Å². The van der Waals surface area contributed by atoms with E-state index < -0.39 is 0 Å². The van der Waals surface area contributed by atoms with E-state index in [-0.39, 0.29) is 0 Å². The van der Waals surface area contributed by atoms with Crippen LogP contribution in [-0.2, 0) is 13.0 Å². The number of rotatable bonds is 5. The molecule has 2 heteroatoms. The minimum absolute atomic E-state index is 0.672. The minimum atomic E-state index is 0.672. The van der Waals surface area contributed by atoms with Gasteiger partial charge in [-0.15, -0.1) is 0 Å². The summed E-state index contributed by atoms with van der Waals surface area (Å²) in [4.78, 5) is 4.11. The molecule has 3 rings (SSSR count). The van der Waals surface area contributed by atoms with E-state index in [1.54, 1.807) is 0 Å². The average molecular weight is 292 g/mol. The maximum absolute atomic E-state index is 4.11. The molecule has 0 fully saturated rings. The first-order chi connectivity index (χ1) is 10.7. The number of aryl methyl sites for hydroxylation is 1. The molecule has 0 unspecified atom stereocenters. The molecule has 0 amide bonds. The van der Waals surface area contributed by atoms with Gasteiger partial charge in [0.25, 0.3) is 0 Å². The molecule has 2 heterocycles. The Morgan fingerprint density at radius 2 is 1.82 bits per heavy atom. The molecule has 0 saturated carbocycles. The van der Waals surface area contributed by atoms with Crippen LogP contribution in [0, 0.1) is 5.92 Å². The zero-order valence-corrected chi connectivity index (χ0v) is 13.7. The molecule has 2 aromatic heterocycles. The first-order valence-electron chi connectivity index (χ1n) is 8.21. The fourth-order valence-corrected chi connectivity index (χ4v) is 3.12. The molecule has 0 radical (unpaired) electrons. The van der Waals surface area contributed by atoms with E-state index in [1.807, 2.05) is 12.4 Å². The molecule has 0 aliphatic heterocycles. The summed E-state index contributed by atoms with van der Waals surface area (Å²) in [5.74, 6) is 0.672. The molecule has 3 aromatic rings. The molecule has 0 aliphatic carbocycles. The molecule has 0 aliphatic rings. The molecular formula is C20H24N2. The standard InChI is InChI=1S/C20H24N2/c1-4-11-22-14-18(12-15(2)3)19-13-17(5-6-20(19)22)16-7-9-21-10-8-16/h5-10,13-15H,4,11-12H2,1-3H3. The van der Waals surface area contributed by atoms with Crippen molar-refractivity contribution in [2.75, 3.05) is 0 Å². The number of pyridine rings is 1. The van der Waals surface area contributed by atoms with Gasteiger partial charge in [0.05, 0.1) is 0 Å². The maximum Gasteiger partial charge on any atom is 0.0483 e. The summed E-state index contributed by atoms with van der Waals surface area (Å²) in [5, 5.41) is 1.40. The normalized spacial score (nSPS) is 11.5. The Kier molecular flexibility index (Phi) is 4.28. The van der Waals surface area contributed by atoms with Crippen molar-refractivity contribution in [3.63, 3.8) is 0 Å². The first kappa shape index (κ1) is 14.8. The highest BCUT2D eigenvalue weighted by Gasteiger charge is 2.11. The number of hydrogen-bond donors (Lipinski definition) is 0. The van der Waals surface area contributed by atoms with Crippen LogP contribution in [0.4, 0.5) is 0 Å². The molecule has 114 valence electrons. The van der Waals surface area contributed by atoms with Gasteiger partial charge in [0, 0.05) is 36.0 Å². The van der Waals surface area contributed by atoms with Crippen molar-refractivity contribution in [2.24, 2.45) is 5.92 Å². The van der Waals surface area contributed by atoms with Crippen LogP contribution in [0.25, 0.3) is 22.0 Å². The molecule has 1 aromatic carbocycles. The van der Waals surface area contributed by atoms with Gasteiger partial charge in [-0.2, -0.15) is 0 Å². The first-order valence-corrected chi connectivity index (χ1v) is 8.21. The van der Waals surface area contributed by atoms with E-state index in [1.165, 1.54) is 27.6 Å². The van der Waals surface area contributed by atoms with E-state index in [0.29, 0.717) is 5.92 Å². The lowest BCUT2D eigenvalue weighted by Crippen LogP contribution is -1.95. The quantitative estimate of drug-likeness (QED) is 0.623. The Balaban J connectivity index is 2.12. The van der Waals surface area contributed by atoms with E-state index in [0.717, 1.165) is 19.4 Å². The number of nitrogens with zero attached hydrogens (tertiary/aromatic N) is 2. The lowest BCUT2D eigenvalue weighted by Gasteiger charge is -2.06. The van der Waals surface area contributed by atoms with Crippen LogP contribution in [0.1, 0.15) is 32.8 Å². The Hall–Kier alpha value is -2.09. The van der Waals surface area contributed by atoms with E-state index in [4.69, 9.17) is 0 Å². The zero-order valence-electron chi connectivity index (χ0n) is 13.7. The summed E-state index contributed by atoms with van der Waals surface area (Å²) in [6.07, 6.45) is 8.36. The van der Waals surface area contributed by atoms with Crippen LogP contribution >= 0.6 is 0 Å². The van der Waals surface area contributed by atoms with Gasteiger partial charge >= 0.3 is 0 Å². The van der Waals surface area contributed by atoms with E-state index >= 15 is 0 Å². The summed E-state index contributed by atoms with van der Waals surface area (Å²) >= 11 is 0. The molecule has 22 heavy (non-hydrogen) atoms. The SMILES string of the molecule is CCCn1cc(CC(C)C)c2cc(-c3ccncc3)ccc21. The largest absolute Gasteiger partial charge is 0.347 e. The van der Waals surface area contributed by atoms with E-state index in [2.05, 4.69) is 66.9 Å². The lowest BCUT2D eigenvalue weighted by atomic mass is 9.99. The Bertz CT molecular complexity index is 754. The highest BCUT2D eigenvalue weighted by Crippen LogP contribution is 2.29. The molecule has 0 atom stereocenters. The van der Waals surface area contributed by atoms with Crippen molar-refractivity contribution in [1.82, 2.24) is 9.55 Å². The highest BCUT2D eigenvalue weighted by atomic mass is 15.0. The van der Waals surface area contributed by atoms with Gasteiger partial charge < -0.3 is 4.57 Å². The molecular weight excluding hydrogens is 268 g/mol. The summed E-state index contributed by atoms with van der Waals surface area (Å²) in [6, 6.07) is 11.0. The van der Waals surface area contributed by atoms with Gasteiger partial charge in [0.2, 0.25) is 0 Å². The molecule has 0 spiro atoms. The van der Waals surface area contributed by atoms with Crippen molar-refractivity contribution in [1.29, 1.82) is 0 Å². The third-order valence-corrected chi connectivity index (χ3v) is 4.07. The zero-order chi connectivity index (χ0) is 15.5. The molecule has 0 bridgehead atoms. The number of hydrogen-bond acceptors (Lipinski definition) is 1. The molecule has 0 N–H and O–H groups in total. The Morgan fingerprint density at radius 3 is 2.50 bits per heavy atom. The molecule has 0 saturated heterocycles. The summed E-state index contributed by atoms with van der Waals surface area (Å²) in [6.45, 7) is 7.90. The summed E-state index contributed by atoms with van der Waals surface area (Å²) in [7, 11) is 0. The smallest absolute Gasteiger partial charge is 0.0483 e. The van der Waals surface area contributed by atoms with Gasteiger partial charge in [0.1, 0.15) is 0 Å². The second-order valence-electron chi connectivity index (χ2n) is 6.41. The van der Waals surface area contributed by atoms with Crippen molar-refractivity contribution in [3.8, 4) is 11.1 Å². The summed E-state index contributed by atoms with van der Waals surface area (Å²) in [5.41, 5.74) is 5.33. The Labute approximate surface area is 132 Å². The second-order valence-corrected chi connectivity index (χ2v) is 6.41. The van der Waals surface area contributed by atoms with Gasteiger partial charge in [-0.25, -0.2) is 0 Å². The van der Waals surface area contributed by atoms with Gasteiger partial charge in [-0.1, -0.05) is 26.8 Å². The lowest BCUT2D eigenvalue weighted by molar-refractivity contribution is 0.643. The monoisotopic (exact) mass is 292 g/mol. The highest BCUT2D eigenvalue weighted by molar-refractivity contribution is 5.88. The van der Waals surface area contributed by atoms with Crippen LogP contribution in [0.3, 0.4) is 0 Å². The van der Waals surface area contributed by atoms with Gasteiger partial charge in [-0.3, -0.25) is 4.98 Å². The minimum Gasteiger partial charge on any atom is -0.347 e. The predicted molar refractivity (Wildman–Crippen MR) is 94.0 cm³/mol. The molecule has 2 nitrogen and oxygen atoms in total. The number of aromatic nitrogens is 2. The van der Waals surface area contributed by atoms with Crippen LogP contribution in [0.15, 0.2) is 48.9 Å². The van der Waals surface area contributed by atoms with Crippen molar-refractivity contribution >= 4 is 10.9 Å². The third kappa shape index (κ3) is 2.92. The van der Waals surface area contributed by atoms with Crippen LogP contribution in [-0.4, -0.2) is 9.55 Å². The fraction of sp³-hybridized carbons (Fsp3) is 0.350. The third-order valence-electron chi connectivity index (χ3n) is 4.07. The Morgan fingerprint density at radius 1 is 1.05 bits per heavy atom. The topological polar surface area (TPSA) is 17.8 Å². The van der Waals surface area contributed by atoms with Crippen molar-refractivity contribution in [3.05, 3.63) is 54.5 Å². The fourth-order valence-electron chi connectivity index (χ4n) is 3.12. The summed E-state index contributed by atoms with van der Waals surface area (Å²) < 4.78 is 2.41. The van der Waals surface area contributed by atoms with Gasteiger partial charge in [0.15, 0.2) is 0 Å². The second kappa shape index (κ2) is 6.35. The van der Waals surface area contributed by atoms with Crippen molar-refractivity contribution < 1.29 is 0 Å².